The highest BCUT2D eigenvalue weighted by atomic mass is 16.4. The molecule has 13 N–H and O–H groups in total. The highest BCUT2D eigenvalue weighted by Crippen LogP contribution is 2.20. The summed E-state index contributed by atoms with van der Waals surface area (Å²) in [5.41, 5.74) is 22.1. The standard InChI is InChI=1S/C27H49N9O8/c1-15(2)13-16(29)22(39)33-17(7-3-4-10-28)23(40)35-19(14-21(37)38)25(42)36-12-6-9-20(36)24(41)34-18(26(43)44)8-5-11-32-27(30)31/h15-20H,3-14,28-29H2,1-2H3,(H,33,39)(H,34,41)(H,35,40)(H,37,38)(H,43,44)(H4,30,31,32). The minimum absolute atomic E-state index is 0.0221. The summed E-state index contributed by atoms with van der Waals surface area (Å²) in [5.74, 6) is -5.57. The van der Waals surface area contributed by atoms with E-state index < -0.39 is 72.2 Å². The Morgan fingerprint density at radius 3 is 2.11 bits per heavy atom. The second kappa shape index (κ2) is 19.3. The van der Waals surface area contributed by atoms with Crippen LogP contribution in [0.15, 0.2) is 4.99 Å². The maximum Gasteiger partial charge on any atom is 0.326 e. The minimum atomic E-state index is -1.55. The number of guanidine groups is 1. The Bertz CT molecular complexity index is 1030. The summed E-state index contributed by atoms with van der Waals surface area (Å²) in [5, 5.41) is 26.5. The lowest BCUT2D eigenvalue weighted by Crippen LogP contribution is -2.58. The zero-order chi connectivity index (χ0) is 33.4. The molecule has 0 radical (unpaired) electrons. The molecule has 1 fully saturated rings. The second-order valence-electron chi connectivity index (χ2n) is 11.3. The van der Waals surface area contributed by atoms with E-state index in [2.05, 4.69) is 20.9 Å². The summed E-state index contributed by atoms with van der Waals surface area (Å²) in [4.78, 5) is 81.0. The molecular formula is C27H49N9O8. The number of unbranched alkanes of at least 4 members (excludes halogenated alkanes) is 1. The van der Waals surface area contributed by atoms with Gasteiger partial charge in [0.1, 0.15) is 24.2 Å². The Morgan fingerprint density at radius 1 is 0.909 bits per heavy atom. The third-order valence-corrected chi connectivity index (χ3v) is 7.03. The van der Waals surface area contributed by atoms with Gasteiger partial charge in [-0.05, 0) is 63.8 Å². The number of hydrogen-bond donors (Lipinski definition) is 9. The first kappa shape index (κ1) is 38.0. The molecule has 17 heteroatoms. The number of carbonyl (C=O) groups excluding carboxylic acids is 4. The smallest absolute Gasteiger partial charge is 0.326 e. The zero-order valence-electron chi connectivity index (χ0n) is 25.5. The normalized spacial score (nSPS) is 17.2. The van der Waals surface area contributed by atoms with E-state index in [1.165, 1.54) is 0 Å². The maximum absolute atomic E-state index is 13.5. The van der Waals surface area contributed by atoms with Crippen LogP contribution in [0.5, 0.6) is 0 Å². The molecule has 1 saturated heterocycles. The molecule has 0 aromatic carbocycles. The number of rotatable bonds is 20. The minimum Gasteiger partial charge on any atom is -0.481 e. The molecule has 0 bridgehead atoms. The highest BCUT2D eigenvalue weighted by molar-refractivity contribution is 5.97. The Morgan fingerprint density at radius 2 is 1.55 bits per heavy atom. The van der Waals surface area contributed by atoms with Crippen molar-refractivity contribution in [3.05, 3.63) is 0 Å². The van der Waals surface area contributed by atoms with E-state index in [-0.39, 0.29) is 50.7 Å². The number of carbonyl (C=O) groups is 6. The Labute approximate surface area is 256 Å². The Balaban J connectivity index is 3.06. The van der Waals surface area contributed by atoms with Crippen LogP contribution >= 0.6 is 0 Å². The van der Waals surface area contributed by atoms with E-state index in [4.69, 9.17) is 22.9 Å². The number of carboxylic acid groups (broad SMARTS) is 2. The lowest BCUT2D eigenvalue weighted by Gasteiger charge is -2.30. The van der Waals surface area contributed by atoms with Gasteiger partial charge in [0, 0.05) is 13.1 Å². The number of nitrogens with one attached hydrogen (secondary N) is 3. The van der Waals surface area contributed by atoms with Crippen LogP contribution < -0.4 is 38.9 Å². The fraction of sp³-hybridized carbons (Fsp3) is 0.741. The summed E-state index contributed by atoms with van der Waals surface area (Å²) >= 11 is 0. The molecule has 0 spiro atoms. The third-order valence-electron chi connectivity index (χ3n) is 7.03. The van der Waals surface area contributed by atoms with Gasteiger partial charge in [0.25, 0.3) is 0 Å². The molecule has 0 aliphatic carbocycles. The van der Waals surface area contributed by atoms with Crippen molar-refractivity contribution < 1.29 is 39.0 Å². The predicted molar refractivity (Wildman–Crippen MR) is 161 cm³/mol. The van der Waals surface area contributed by atoms with Crippen LogP contribution in [-0.4, -0.2) is 106 Å². The van der Waals surface area contributed by atoms with Gasteiger partial charge in [-0.2, -0.15) is 0 Å². The number of likely N-dealkylation sites (tertiary alicyclic amines) is 1. The van der Waals surface area contributed by atoms with Crippen LogP contribution in [0.2, 0.25) is 0 Å². The van der Waals surface area contributed by atoms with Crippen molar-refractivity contribution in [3.8, 4) is 0 Å². The summed E-state index contributed by atoms with van der Waals surface area (Å²) in [7, 11) is 0. The molecule has 250 valence electrons. The van der Waals surface area contributed by atoms with Gasteiger partial charge in [0.15, 0.2) is 5.96 Å². The van der Waals surface area contributed by atoms with Crippen LogP contribution in [0.3, 0.4) is 0 Å². The zero-order valence-corrected chi connectivity index (χ0v) is 25.5. The molecule has 0 aromatic heterocycles. The number of hydrogen-bond acceptors (Lipinski definition) is 9. The van der Waals surface area contributed by atoms with E-state index in [1.54, 1.807) is 0 Å². The van der Waals surface area contributed by atoms with Gasteiger partial charge in [-0.1, -0.05) is 13.8 Å². The molecule has 5 unspecified atom stereocenters. The van der Waals surface area contributed by atoms with Crippen molar-refractivity contribution >= 4 is 41.5 Å². The van der Waals surface area contributed by atoms with Gasteiger partial charge < -0.3 is 54.0 Å². The molecule has 1 aliphatic rings. The van der Waals surface area contributed by atoms with Gasteiger partial charge in [-0.3, -0.25) is 29.0 Å². The lowest BCUT2D eigenvalue weighted by atomic mass is 10.0. The third kappa shape index (κ3) is 13.5. The van der Waals surface area contributed by atoms with Crippen molar-refractivity contribution in [3.63, 3.8) is 0 Å². The number of amides is 4. The molecule has 1 rings (SSSR count). The summed E-state index contributed by atoms with van der Waals surface area (Å²) in [6.45, 7) is 4.38. The van der Waals surface area contributed by atoms with E-state index >= 15 is 0 Å². The quantitative estimate of drug-likeness (QED) is 0.0386. The van der Waals surface area contributed by atoms with Crippen LogP contribution in [0.25, 0.3) is 0 Å². The van der Waals surface area contributed by atoms with E-state index in [0.717, 1.165) is 4.90 Å². The largest absolute Gasteiger partial charge is 0.481 e. The second-order valence-corrected chi connectivity index (χ2v) is 11.3. The average Bonchev–Trinajstić information content (AvgIpc) is 3.42. The molecule has 4 amide bonds. The van der Waals surface area contributed by atoms with Gasteiger partial charge in [-0.25, -0.2) is 4.79 Å². The van der Waals surface area contributed by atoms with E-state index in [1.807, 2.05) is 13.8 Å². The average molecular weight is 628 g/mol. The van der Waals surface area contributed by atoms with Crippen molar-refractivity contribution in [2.24, 2.45) is 33.8 Å². The molecular weight excluding hydrogens is 578 g/mol. The van der Waals surface area contributed by atoms with Crippen LogP contribution in [-0.2, 0) is 28.8 Å². The van der Waals surface area contributed by atoms with Gasteiger partial charge >= 0.3 is 11.9 Å². The molecule has 5 atom stereocenters. The van der Waals surface area contributed by atoms with E-state index in [0.29, 0.717) is 32.2 Å². The number of aliphatic carboxylic acids is 2. The van der Waals surface area contributed by atoms with E-state index in [9.17, 15) is 39.0 Å². The molecule has 17 nitrogen and oxygen atoms in total. The number of nitrogens with two attached hydrogens (primary N) is 4. The monoisotopic (exact) mass is 627 g/mol. The topological polar surface area (TPSA) is 299 Å². The SMILES string of the molecule is CC(C)CC(N)C(=O)NC(CCCCN)C(=O)NC(CC(=O)O)C(=O)N1CCCC1C(=O)NC(CCCN=C(N)N)C(=O)O. The fourth-order valence-electron chi connectivity index (χ4n) is 4.83. The lowest BCUT2D eigenvalue weighted by molar-refractivity contribution is -0.147. The van der Waals surface area contributed by atoms with Crippen LogP contribution in [0.4, 0.5) is 0 Å². The van der Waals surface area contributed by atoms with Gasteiger partial charge in [0.2, 0.25) is 23.6 Å². The first-order valence-corrected chi connectivity index (χ1v) is 14.8. The maximum atomic E-state index is 13.5. The molecule has 1 aliphatic heterocycles. The van der Waals surface area contributed by atoms with Crippen molar-refractivity contribution in [1.29, 1.82) is 0 Å². The fourth-order valence-corrected chi connectivity index (χ4v) is 4.83. The number of aliphatic imine (C=N–C) groups is 1. The highest BCUT2D eigenvalue weighted by Gasteiger charge is 2.40. The first-order valence-electron chi connectivity index (χ1n) is 14.8. The predicted octanol–water partition coefficient (Wildman–Crippen LogP) is -2.45. The van der Waals surface area contributed by atoms with Crippen LogP contribution in [0.1, 0.15) is 71.6 Å². The molecule has 1 heterocycles. The van der Waals surface area contributed by atoms with Crippen LogP contribution in [0, 0.1) is 5.92 Å². The Kier molecular flexibility index (Phi) is 16.7. The van der Waals surface area contributed by atoms with Gasteiger partial charge in [-0.15, -0.1) is 0 Å². The first-order chi connectivity index (χ1) is 20.7. The van der Waals surface area contributed by atoms with Crippen molar-refractivity contribution in [2.45, 2.75) is 102 Å². The van der Waals surface area contributed by atoms with Gasteiger partial charge in [0.05, 0.1) is 12.5 Å². The Hall–Kier alpha value is -3.99. The number of nitrogens with zero attached hydrogens (tertiary/aromatic N) is 2. The summed E-state index contributed by atoms with van der Waals surface area (Å²) < 4.78 is 0. The summed E-state index contributed by atoms with van der Waals surface area (Å²) in [6.07, 6.45) is 1.68. The van der Waals surface area contributed by atoms with Crippen molar-refractivity contribution in [2.75, 3.05) is 19.6 Å². The number of carboxylic acids is 2. The molecule has 0 saturated carbocycles. The molecule has 0 aromatic rings. The summed E-state index contributed by atoms with van der Waals surface area (Å²) in [6, 6.07) is -5.89. The van der Waals surface area contributed by atoms with Crippen molar-refractivity contribution in [1.82, 2.24) is 20.9 Å². The molecule has 44 heavy (non-hydrogen) atoms.